The number of aryl methyl sites for hydroxylation is 2. The van der Waals surface area contributed by atoms with Gasteiger partial charge in [0.1, 0.15) is 5.75 Å². The van der Waals surface area contributed by atoms with Crippen LogP contribution in [0.15, 0.2) is 18.2 Å². The van der Waals surface area contributed by atoms with Gasteiger partial charge in [0.15, 0.2) is 0 Å². The normalized spacial score (nSPS) is 10.1. The van der Waals surface area contributed by atoms with E-state index in [9.17, 15) is 0 Å². The molecule has 0 atom stereocenters. The number of rotatable bonds is 5. The van der Waals surface area contributed by atoms with Crippen molar-refractivity contribution in [2.75, 3.05) is 0 Å². The van der Waals surface area contributed by atoms with E-state index >= 15 is 0 Å². The molecular weight excluding hydrogens is 191 g/mol. The Bertz CT molecular complexity index is 313. The highest BCUT2D eigenvalue weighted by atomic mass is 16.6. The monoisotopic (exact) mass is 208 g/mol. The molecule has 4 heteroatoms. The predicted molar refractivity (Wildman–Crippen MR) is 60.6 cm³/mol. The van der Waals surface area contributed by atoms with Gasteiger partial charge in [-0.05, 0) is 31.4 Å². The van der Waals surface area contributed by atoms with Gasteiger partial charge in [0.2, 0.25) is 0 Å². The first kappa shape index (κ1) is 12.1. The SMILES string of the molecule is CCCCc1cc(C)ccc1OB(O)O. The van der Waals surface area contributed by atoms with Crippen LogP contribution in [0.5, 0.6) is 5.75 Å². The summed E-state index contributed by atoms with van der Waals surface area (Å²) >= 11 is 0. The Morgan fingerprint density at radius 2 is 2.07 bits per heavy atom. The summed E-state index contributed by atoms with van der Waals surface area (Å²) in [5.41, 5.74) is 2.19. The van der Waals surface area contributed by atoms with Crippen molar-refractivity contribution >= 4 is 7.32 Å². The van der Waals surface area contributed by atoms with Crippen LogP contribution in [0.1, 0.15) is 30.9 Å². The summed E-state index contributed by atoms with van der Waals surface area (Å²) in [5, 5.41) is 17.5. The highest BCUT2D eigenvalue weighted by Crippen LogP contribution is 2.22. The van der Waals surface area contributed by atoms with Crippen LogP contribution in [0.4, 0.5) is 0 Å². The van der Waals surface area contributed by atoms with Crippen LogP contribution in [-0.2, 0) is 6.42 Å². The summed E-state index contributed by atoms with van der Waals surface area (Å²) in [6.07, 6.45) is 3.08. The van der Waals surface area contributed by atoms with Crippen LogP contribution in [0, 0.1) is 6.92 Å². The van der Waals surface area contributed by atoms with Gasteiger partial charge < -0.3 is 14.7 Å². The highest BCUT2D eigenvalue weighted by Gasteiger charge is 2.13. The molecule has 0 saturated heterocycles. The Kier molecular flexibility index (Phi) is 4.65. The zero-order valence-corrected chi connectivity index (χ0v) is 9.23. The van der Waals surface area contributed by atoms with E-state index in [1.54, 1.807) is 6.07 Å². The Balaban J connectivity index is 2.82. The second-order valence-corrected chi connectivity index (χ2v) is 3.66. The summed E-state index contributed by atoms with van der Waals surface area (Å²) < 4.78 is 4.91. The second-order valence-electron chi connectivity index (χ2n) is 3.66. The average Bonchev–Trinajstić information content (AvgIpc) is 2.18. The van der Waals surface area contributed by atoms with Crippen molar-refractivity contribution < 1.29 is 14.7 Å². The fourth-order valence-electron chi connectivity index (χ4n) is 1.50. The lowest BCUT2D eigenvalue weighted by Crippen LogP contribution is -2.21. The molecule has 1 aromatic rings. The largest absolute Gasteiger partial charge is 0.707 e. The third-order valence-electron chi connectivity index (χ3n) is 2.25. The molecule has 0 fully saturated rings. The molecule has 0 saturated carbocycles. The van der Waals surface area contributed by atoms with Gasteiger partial charge in [0.05, 0.1) is 0 Å². The van der Waals surface area contributed by atoms with Crippen molar-refractivity contribution in [3.8, 4) is 5.75 Å². The minimum absolute atomic E-state index is 0.559. The van der Waals surface area contributed by atoms with E-state index in [2.05, 4.69) is 6.92 Å². The smallest absolute Gasteiger partial charge is 0.512 e. The van der Waals surface area contributed by atoms with E-state index in [4.69, 9.17) is 14.7 Å². The molecule has 15 heavy (non-hydrogen) atoms. The molecule has 0 aliphatic carbocycles. The first-order valence-corrected chi connectivity index (χ1v) is 5.25. The number of unbranched alkanes of at least 4 members (excludes halogenated alkanes) is 1. The molecule has 0 amide bonds. The Morgan fingerprint density at radius 1 is 1.33 bits per heavy atom. The van der Waals surface area contributed by atoms with Gasteiger partial charge in [-0.2, -0.15) is 0 Å². The molecule has 0 spiro atoms. The van der Waals surface area contributed by atoms with E-state index in [0.717, 1.165) is 30.4 Å². The molecule has 1 rings (SSSR count). The zero-order valence-electron chi connectivity index (χ0n) is 9.23. The van der Waals surface area contributed by atoms with Gasteiger partial charge in [-0.25, -0.2) is 0 Å². The maximum atomic E-state index is 8.76. The molecule has 2 N–H and O–H groups in total. The quantitative estimate of drug-likeness (QED) is 0.723. The van der Waals surface area contributed by atoms with Crippen molar-refractivity contribution in [3.05, 3.63) is 29.3 Å². The van der Waals surface area contributed by atoms with E-state index in [1.165, 1.54) is 0 Å². The first-order valence-electron chi connectivity index (χ1n) is 5.25. The molecule has 0 aliphatic rings. The predicted octanol–water partition coefficient (Wildman–Crippen LogP) is 1.69. The molecule has 0 aromatic heterocycles. The molecule has 0 heterocycles. The summed E-state index contributed by atoms with van der Waals surface area (Å²) in [7, 11) is -1.74. The Labute approximate surface area is 90.9 Å². The molecular formula is C11H17BO3. The third-order valence-corrected chi connectivity index (χ3v) is 2.25. The molecule has 3 nitrogen and oxygen atoms in total. The van der Waals surface area contributed by atoms with Crippen LogP contribution in [0.2, 0.25) is 0 Å². The molecule has 0 radical (unpaired) electrons. The van der Waals surface area contributed by atoms with Crippen molar-refractivity contribution in [2.24, 2.45) is 0 Å². The average molecular weight is 208 g/mol. The van der Waals surface area contributed by atoms with E-state index in [-0.39, 0.29) is 0 Å². The standard InChI is InChI=1S/C11H17BO3/c1-3-4-5-10-8-9(2)6-7-11(10)15-12(13)14/h6-8,13-14H,3-5H2,1-2H3. The minimum atomic E-state index is -1.74. The van der Waals surface area contributed by atoms with Crippen molar-refractivity contribution in [3.63, 3.8) is 0 Å². The lowest BCUT2D eigenvalue weighted by atomic mass is 10.0. The van der Waals surface area contributed by atoms with Crippen LogP contribution in [-0.4, -0.2) is 17.4 Å². The number of hydrogen-bond donors (Lipinski definition) is 2. The van der Waals surface area contributed by atoms with Gasteiger partial charge in [-0.3, -0.25) is 0 Å². The summed E-state index contributed by atoms with van der Waals surface area (Å²) in [6, 6.07) is 5.69. The number of hydrogen-bond acceptors (Lipinski definition) is 3. The van der Waals surface area contributed by atoms with Crippen LogP contribution in [0.3, 0.4) is 0 Å². The van der Waals surface area contributed by atoms with Crippen molar-refractivity contribution in [1.82, 2.24) is 0 Å². The van der Waals surface area contributed by atoms with E-state index in [1.807, 2.05) is 19.1 Å². The van der Waals surface area contributed by atoms with Crippen LogP contribution >= 0.6 is 0 Å². The molecule has 82 valence electrons. The number of benzene rings is 1. The zero-order chi connectivity index (χ0) is 11.3. The van der Waals surface area contributed by atoms with E-state index in [0.29, 0.717) is 5.75 Å². The van der Waals surface area contributed by atoms with Crippen molar-refractivity contribution in [2.45, 2.75) is 33.1 Å². The summed E-state index contributed by atoms with van der Waals surface area (Å²) in [5.74, 6) is 0.559. The van der Waals surface area contributed by atoms with Gasteiger partial charge in [0, 0.05) is 0 Å². The minimum Gasteiger partial charge on any atom is -0.512 e. The second kappa shape index (κ2) is 5.78. The summed E-state index contributed by atoms with van der Waals surface area (Å²) in [4.78, 5) is 0. The van der Waals surface area contributed by atoms with E-state index < -0.39 is 7.32 Å². The van der Waals surface area contributed by atoms with Gasteiger partial charge in [0.25, 0.3) is 0 Å². The Hall–Kier alpha value is -0.995. The molecule has 1 aromatic carbocycles. The molecule has 0 unspecified atom stereocenters. The maximum absolute atomic E-state index is 8.76. The lowest BCUT2D eigenvalue weighted by Gasteiger charge is -2.11. The van der Waals surface area contributed by atoms with Gasteiger partial charge >= 0.3 is 7.32 Å². The third kappa shape index (κ3) is 3.94. The topological polar surface area (TPSA) is 49.7 Å². The Morgan fingerprint density at radius 3 is 2.67 bits per heavy atom. The first-order chi connectivity index (χ1) is 7.13. The fourth-order valence-corrected chi connectivity index (χ4v) is 1.50. The van der Waals surface area contributed by atoms with Crippen molar-refractivity contribution in [1.29, 1.82) is 0 Å². The maximum Gasteiger partial charge on any atom is 0.707 e. The van der Waals surface area contributed by atoms with Gasteiger partial charge in [-0.1, -0.05) is 31.0 Å². The molecule has 0 aliphatic heterocycles. The summed E-state index contributed by atoms with van der Waals surface area (Å²) in [6.45, 7) is 4.13. The van der Waals surface area contributed by atoms with Gasteiger partial charge in [-0.15, -0.1) is 0 Å². The molecule has 0 bridgehead atoms. The van der Waals surface area contributed by atoms with Crippen LogP contribution < -0.4 is 4.65 Å². The lowest BCUT2D eigenvalue weighted by molar-refractivity contribution is 0.287. The highest BCUT2D eigenvalue weighted by molar-refractivity contribution is 6.33. The fraction of sp³-hybridized carbons (Fsp3) is 0.455. The van der Waals surface area contributed by atoms with Crippen LogP contribution in [0.25, 0.3) is 0 Å².